The van der Waals surface area contributed by atoms with E-state index in [1.54, 1.807) is 4.72 Å². The first-order valence-corrected chi connectivity index (χ1v) is 6.19. The number of nitrogens with one attached hydrogen (secondary N) is 1. The molecule has 0 rings (SSSR count). The molecular formula is C4H10N4O6S2. The van der Waals surface area contributed by atoms with Gasteiger partial charge in [-0.15, -0.1) is 0 Å². The van der Waals surface area contributed by atoms with E-state index in [9.17, 15) is 26.4 Å². The Morgan fingerprint density at radius 3 is 1.81 bits per heavy atom. The molecular weight excluding hydrogens is 264 g/mol. The average Bonchev–Trinajstić information content (AvgIpc) is 2.00. The molecule has 0 aromatic rings. The van der Waals surface area contributed by atoms with E-state index in [1.165, 1.54) is 6.92 Å². The molecule has 0 saturated carbocycles. The zero-order chi connectivity index (χ0) is 13.4. The number of rotatable bonds is 2. The lowest BCUT2D eigenvalue weighted by Crippen LogP contribution is -2.35. The third-order valence-corrected chi connectivity index (χ3v) is 2.40. The van der Waals surface area contributed by atoms with E-state index < -0.39 is 32.6 Å². The van der Waals surface area contributed by atoms with Crippen molar-refractivity contribution in [1.29, 1.82) is 0 Å². The first-order chi connectivity index (χ1) is 7.10. The SMILES string of the molecule is CCS(=O)(=O)NC(N)=O.NC(=O)N=S(=O)=O. The fourth-order valence-electron chi connectivity index (χ4n) is 0.299. The van der Waals surface area contributed by atoms with E-state index in [0.29, 0.717) is 0 Å². The van der Waals surface area contributed by atoms with Gasteiger partial charge in [0, 0.05) is 0 Å². The van der Waals surface area contributed by atoms with Gasteiger partial charge in [0.2, 0.25) is 10.0 Å². The van der Waals surface area contributed by atoms with Gasteiger partial charge >= 0.3 is 22.6 Å². The smallest absolute Gasteiger partial charge is 0.351 e. The van der Waals surface area contributed by atoms with E-state index in [2.05, 4.69) is 15.8 Å². The standard InChI is InChI=1S/C3H8N2O3S.CH2N2O3S/c1-2-9(7,8)5-3(4)6;2-1(4)3-7(5)6/h2H2,1H3,(H3,4,5,6);(H2,2,4). The van der Waals surface area contributed by atoms with Crippen molar-refractivity contribution in [2.45, 2.75) is 6.92 Å². The van der Waals surface area contributed by atoms with Crippen LogP contribution in [0.15, 0.2) is 4.36 Å². The topological polar surface area (TPSA) is 179 Å². The quantitative estimate of drug-likeness (QED) is 0.530. The van der Waals surface area contributed by atoms with Crippen molar-refractivity contribution in [3.8, 4) is 0 Å². The molecule has 0 aromatic heterocycles. The minimum atomic E-state index is -3.44. The van der Waals surface area contributed by atoms with Crippen LogP contribution in [0.2, 0.25) is 0 Å². The lowest BCUT2D eigenvalue weighted by Gasteiger charge is -1.97. The lowest BCUT2D eigenvalue weighted by atomic mass is 11.0. The Hall–Kier alpha value is -1.69. The van der Waals surface area contributed by atoms with Gasteiger partial charge in [0.05, 0.1) is 5.75 Å². The molecule has 0 atom stereocenters. The predicted octanol–water partition coefficient (Wildman–Crippen LogP) is -1.87. The molecule has 5 N–H and O–H groups in total. The molecule has 0 fully saturated rings. The molecule has 0 aliphatic heterocycles. The van der Waals surface area contributed by atoms with E-state index >= 15 is 0 Å². The molecule has 0 aliphatic rings. The highest BCUT2D eigenvalue weighted by atomic mass is 32.2. The fourth-order valence-corrected chi connectivity index (χ4v) is 0.897. The summed E-state index contributed by atoms with van der Waals surface area (Å²) >= 11 is 0. The van der Waals surface area contributed by atoms with Gasteiger partial charge in [-0.3, -0.25) is 0 Å². The summed E-state index contributed by atoms with van der Waals surface area (Å²) < 4.78 is 43.4. The molecule has 0 aromatic carbocycles. The molecule has 0 radical (unpaired) electrons. The summed E-state index contributed by atoms with van der Waals surface area (Å²) in [6, 6.07) is -2.25. The van der Waals surface area contributed by atoms with Crippen molar-refractivity contribution < 1.29 is 26.4 Å². The van der Waals surface area contributed by atoms with E-state index in [0.717, 1.165) is 0 Å². The van der Waals surface area contributed by atoms with Crippen LogP contribution in [0, 0.1) is 0 Å². The van der Waals surface area contributed by atoms with Crippen LogP contribution in [-0.4, -0.2) is 34.7 Å². The summed E-state index contributed by atoms with van der Waals surface area (Å²) in [6.45, 7) is 1.41. The van der Waals surface area contributed by atoms with Gasteiger partial charge in [-0.1, -0.05) is 4.36 Å². The number of amides is 4. The van der Waals surface area contributed by atoms with Crippen LogP contribution in [0.1, 0.15) is 6.92 Å². The second kappa shape index (κ2) is 7.58. The summed E-state index contributed by atoms with van der Waals surface area (Å²) in [5, 5.41) is 0. The first kappa shape index (κ1) is 16.7. The van der Waals surface area contributed by atoms with E-state index in [4.69, 9.17) is 0 Å². The first-order valence-electron chi connectivity index (χ1n) is 3.51. The van der Waals surface area contributed by atoms with Gasteiger partial charge in [-0.25, -0.2) is 22.7 Å². The highest BCUT2D eigenvalue weighted by molar-refractivity contribution is 7.90. The Morgan fingerprint density at radius 1 is 1.31 bits per heavy atom. The van der Waals surface area contributed by atoms with Crippen molar-refractivity contribution in [2.24, 2.45) is 15.8 Å². The summed E-state index contributed by atoms with van der Waals surface area (Å²) in [4.78, 5) is 19.4. The summed E-state index contributed by atoms with van der Waals surface area (Å²) in [6.07, 6.45) is 0. The maximum Gasteiger partial charge on any atom is 0.353 e. The maximum absolute atomic E-state index is 10.4. The van der Waals surface area contributed by atoms with Gasteiger partial charge in [0.15, 0.2) is 0 Å². The monoisotopic (exact) mass is 274 g/mol. The minimum absolute atomic E-state index is 0.143. The number of primary amides is 2. The summed E-state index contributed by atoms with van der Waals surface area (Å²) in [7, 11) is -6.14. The Balaban J connectivity index is 0. The third-order valence-electron chi connectivity index (χ3n) is 0.801. The van der Waals surface area contributed by atoms with Crippen LogP contribution in [0.4, 0.5) is 9.59 Å². The number of hydrogen-bond donors (Lipinski definition) is 3. The Bertz CT molecular complexity index is 469. The lowest BCUT2D eigenvalue weighted by molar-refractivity contribution is 0.253. The average molecular weight is 274 g/mol. The molecule has 0 unspecified atom stereocenters. The zero-order valence-corrected chi connectivity index (χ0v) is 9.71. The number of urea groups is 2. The molecule has 12 heteroatoms. The van der Waals surface area contributed by atoms with Crippen LogP contribution in [0.3, 0.4) is 0 Å². The Labute approximate surface area is 92.7 Å². The number of hydrogen-bond acceptors (Lipinski definition) is 6. The highest BCUT2D eigenvalue weighted by Crippen LogP contribution is 1.78. The van der Waals surface area contributed by atoms with Gasteiger partial charge in [0.1, 0.15) is 0 Å². The number of carbonyl (C=O) groups is 2. The molecule has 0 bridgehead atoms. The van der Waals surface area contributed by atoms with Crippen LogP contribution in [0.25, 0.3) is 0 Å². The number of nitrogens with zero attached hydrogens (tertiary/aromatic N) is 1. The Kier molecular flexibility index (Phi) is 7.93. The largest absolute Gasteiger partial charge is 0.353 e. The highest BCUT2D eigenvalue weighted by Gasteiger charge is 2.06. The molecule has 4 amide bonds. The normalized spacial score (nSPS) is 9.31. The molecule has 10 nitrogen and oxygen atoms in total. The van der Waals surface area contributed by atoms with Crippen molar-refractivity contribution >= 4 is 32.6 Å². The van der Waals surface area contributed by atoms with Crippen LogP contribution in [-0.2, 0) is 20.5 Å². The van der Waals surface area contributed by atoms with Gasteiger partial charge < -0.3 is 11.5 Å². The van der Waals surface area contributed by atoms with Crippen LogP contribution < -0.4 is 16.2 Å². The molecule has 94 valence electrons. The number of nitrogens with two attached hydrogens (primary N) is 2. The van der Waals surface area contributed by atoms with E-state index in [-0.39, 0.29) is 5.75 Å². The maximum atomic E-state index is 10.4. The predicted molar refractivity (Wildman–Crippen MR) is 53.1 cm³/mol. The molecule has 0 saturated heterocycles. The fraction of sp³-hybridized carbons (Fsp3) is 0.500. The molecule has 0 spiro atoms. The van der Waals surface area contributed by atoms with Crippen molar-refractivity contribution in [3.05, 3.63) is 0 Å². The van der Waals surface area contributed by atoms with Crippen molar-refractivity contribution in [2.75, 3.05) is 5.75 Å². The Morgan fingerprint density at radius 2 is 1.75 bits per heavy atom. The minimum Gasteiger partial charge on any atom is -0.351 e. The number of sulfonamides is 1. The van der Waals surface area contributed by atoms with E-state index in [1.807, 2.05) is 0 Å². The zero-order valence-electron chi connectivity index (χ0n) is 8.08. The van der Waals surface area contributed by atoms with Gasteiger partial charge in [0.25, 0.3) is 0 Å². The summed E-state index contributed by atoms with van der Waals surface area (Å²) in [5.74, 6) is -0.143. The second-order valence-corrected chi connectivity index (χ2v) is 4.64. The van der Waals surface area contributed by atoms with Crippen LogP contribution >= 0.6 is 0 Å². The third kappa shape index (κ3) is 14.8. The number of carbonyl (C=O) groups excluding carboxylic acids is 2. The molecule has 16 heavy (non-hydrogen) atoms. The molecule has 0 heterocycles. The van der Waals surface area contributed by atoms with Crippen LogP contribution in [0.5, 0.6) is 0 Å². The van der Waals surface area contributed by atoms with Crippen molar-refractivity contribution in [3.63, 3.8) is 0 Å². The van der Waals surface area contributed by atoms with Crippen molar-refractivity contribution in [1.82, 2.24) is 4.72 Å². The van der Waals surface area contributed by atoms with Gasteiger partial charge in [-0.2, -0.15) is 8.42 Å². The summed E-state index contributed by atoms with van der Waals surface area (Å²) in [5.41, 5.74) is 8.82. The van der Waals surface area contributed by atoms with Gasteiger partial charge in [-0.05, 0) is 6.92 Å². The second-order valence-electron chi connectivity index (χ2n) is 2.02. The molecule has 0 aliphatic carbocycles.